The van der Waals surface area contributed by atoms with Crippen molar-refractivity contribution < 1.29 is 14.0 Å². The first-order valence-electron chi connectivity index (χ1n) is 12.6. The molecule has 1 fully saturated rings. The molecule has 0 bridgehead atoms. The van der Waals surface area contributed by atoms with Gasteiger partial charge in [-0.05, 0) is 73.0 Å². The third kappa shape index (κ3) is 4.82. The summed E-state index contributed by atoms with van der Waals surface area (Å²) >= 11 is 1.80. The van der Waals surface area contributed by atoms with Gasteiger partial charge in [0.15, 0.2) is 0 Å². The average Bonchev–Trinajstić information content (AvgIpc) is 3.23. The van der Waals surface area contributed by atoms with Crippen molar-refractivity contribution >= 4 is 23.2 Å². The highest BCUT2D eigenvalue weighted by Gasteiger charge is 2.37. The molecular formula is C29H32FN3O2S. The average molecular weight is 506 g/mol. The summed E-state index contributed by atoms with van der Waals surface area (Å²) in [6.45, 7) is 7.09. The van der Waals surface area contributed by atoms with E-state index in [2.05, 4.69) is 47.5 Å². The fraction of sp³-hybridized carbons (Fsp3) is 0.379. The number of thiophene rings is 1. The number of hydrogen-bond acceptors (Lipinski definition) is 4. The Labute approximate surface area is 216 Å². The van der Waals surface area contributed by atoms with E-state index in [1.54, 1.807) is 28.4 Å². The second-order valence-corrected chi connectivity index (χ2v) is 10.7. The van der Waals surface area contributed by atoms with Crippen molar-refractivity contribution in [3.63, 3.8) is 0 Å². The van der Waals surface area contributed by atoms with Crippen molar-refractivity contribution in [2.24, 2.45) is 0 Å². The maximum Gasteiger partial charge on any atom is 0.254 e. The van der Waals surface area contributed by atoms with Crippen LogP contribution in [0.1, 0.15) is 51.3 Å². The van der Waals surface area contributed by atoms with Gasteiger partial charge in [0.2, 0.25) is 5.91 Å². The molecule has 0 spiro atoms. The van der Waals surface area contributed by atoms with Gasteiger partial charge in [-0.15, -0.1) is 11.3 Å². The van der Waals surface area contributed by atoms with E-state index in [-0.39, 0.29) is 23.9 Å². The summed E-state index contributed by atoms with van der Waals surface area (Å²) in [7, 11) is 0. The Kier molecular flexibility index (Phi) is 7.21. The summed E-state index contributed by atoms with van der Waals surface area (Å²) in [5, 5.41) is 2.16. The molecule has 5 nitrogen and oxygen atoms in total. The Bertz CT molecular complexity index is 1260. The fourth-order valence-corrected chi connectivity index (χ4v) is 6.45. The third-order valence-corrected chi connectivity index (χ3v) is 8.50. The molecule has 5 rings (SSSR count). The van der Waals surface area contributed by atoms with Crippen molar-refractivity contribution in [2.75, 3.05) is 32.7 Å². The molecule has 3 heterocycles. The highest BCUT2D eigenvalue weighted by Crippen LogP contribution is 2.40. The number of carbonyl (C=O) groups excluding carboxylic acids is 2. The number of hydrogen-bond donors (Lipinski definition) is 0. The lowest BCUT2D eigenvalue weighted by Crippen LogP contribution is -2.51. The number of amides is 2. The molecule has 0 unspecified atom stereocenters. The lowest BCUT2D eigenvalue weighted by molar-refractivity contribution is -0.137. The van der Waals surface area contributed by atoms with Crippen LogP contribution in [0.25, 0.3) is 0 Å². The summed E-state index contributed by atoms with van der Waals surface area (Å²) in [5.74, 6) is -0.496. The zero-order valence-corrected chi connectivity index (χ0v) is 21.6. The summed E-state index contributed by atoms with van der Waals surface area (Å²) in [4.78, 5) is 34.1. The lowest BCUT2D eigenvalue weighted by atomic mass is 9.89. The van der Waals surface area contributed by atoms with Crippen LogP contribution in [0, 0.1) is 12.7 Å². The third-order valence-electron chi connectivity index (χ3n) is 7.51. The number of nitrogens with zero attached hydrogens (tertiary/aromatic N) is 3. The summed E-state index contributed by atoms with van der Waals surface area (Å²) in [6.07, 6.45) is 1.65. The SMILES string of the molecule is Cc1ccccc1[C@H]1c2ccsc2CCN1[C@@H](C)C(=O)N1CCCN(C(=O)c2cccc(F)c2)CC1. The highest BCUT2D eigenvalue weighted by atomic mass is 32.1. The Hall–Kier alpha value is -3.03. The van der Waals surface area contributed by atoms with Gasteiger partial charge in [0, 0.05) is 43.2 Å². The molecule has 0 N–H and O–H groups in total. The quantitative estimate of drug-likeness (QED) is 0.506. The number of carbonyl (C=O) groups is 2. The van der Waals surface area contributed by atoms with E-state index in [1.807, 2.05) is 11.8 Å². The van der Waals surface area contributed by atoms with Crippen LogP contribution >= 0.6 is 11.3 Å². The minimum absolute atomic E-state index is 0.0539. The van der Waals surface area contributed by atoms with Crippen molar-refractivity contribution in [1.82, 2.24) is 14.7 Å². The molecule has 0 radical (unpaired) electrons. The van der Waals surface area contributed by atoms with E-state index < -0.39 is 5.82 Å². The van der Waals surface area contributed by atoms with E-state index >= 15 is 0 Å². The molecule has 1 aromatic heterocycles. The lowest BCUT2D eigenvalue weighted by Gasteiger charge is -2.41. The standard InChI is InChI=1S/C29H32FN3O2S/c1-20-7-3-4-10-24(20)27-25-12-18-36-26(25)11-15-33(27)21(2)28(34)31-13-6-14-32(17-16-31)29(35)22-8-5-9-23(30)19-22/h3-5,7-10,12,18-19,21,27H,6,11,13-17H2,1-2H3/t21-,27-/m0/s1. The molecule has 0 saturated carbocycles. The maximum atomic E-state index is 13.8. The molecule has 2 amide bonds. The van der Waals surface area contributed by atoms with Gasteiger partial charge in [0.05, 0.1) is 12.1 Å². The topological polar surface area (TPSA) is 43.9 Å². The zero-order chi connectivity index (χ0) is 25.2. The molecule has 2 atom stereocenters. The first kappa shape index (κ1) is 24.7. The summed E-state index contributed by atoms with van der Waals surface area (Å²) in [6, 6.07) is 16.2. The number of rotatable bonds is 4. The van der Waals surface area contributed by atoms with Crippen LogP contribution in [-0.2, 0) is 11.2 Å². The summed E-state index contributed by atoms with van der Waals surface area (Å²) in [5.41, 5.74) is 4.14. The van der Waals surface area contributed by atoms with Gasteiger partial charge in [0.1, 0.15) is 5.82 Å². The molecular weight excluding hydrogens is 473 g/mol. The Morgan fingerprint density at radius 3 is 2.53 bits per heavy atom. The Balaban J connectivity index is 1.32. The molecule has 1 saturated heterocycles. The minimum Gasteiger partial charge on any atom is -0.340 e. The van der Waals surface area contributed by atoms with E-state index in [0.717, 1.165) is 13.0 Å². The zero-order valence-electron chi connectivity index (χ0n) is 20.8. The van der Waals surface area contributed by atoms with Gasteiger partial charge in [-0.1, -0.05) is 30.3 Å². The summed E-state index contributed by atoms with van der Waals surface area (Å²) < 4.78 is 13.6. The van der Waals surface area contributed by atoms with Crippen LogP contribution in [-0.4, -0.2) is 65.3 Å². The monoisotopic (exact) mass is 505 g/mol. The Morgan fingerprint density at radius 2 is 1.72 bits per heavy atom. The molecule has 3 aromatic rings. The van der Waals surface area contributed by atoms with Crippen LogP contribution in [0.4, 0.5) is 4.39 Å². The van der Waals surface area contributed by atoms with Crippen LogP contribution in [0.5, 0.6) is 0 Å². The number of fused-ring (bicyclic) bond motifs is 1. The van der Waals surface area contributed by atoms with Crippen LogP contribution in [0.2, 0.25) is 0 Å². The van der Waals surface area contributed by atoms with E-state index in [4.69, 9.17) is 0 Å². The molecule has 0 aliphatic carbocycles. The molecule has 2 aromatic carbocycles. The first-order chi connectivity index (χ1) is 17.4. The molecule has 2 aliphatic rings. The first-order valence-corrected chi connectivity index (χ1v) is 13.5. The van der Waals surface area contributed by atoms with Gasteiger partial charge >= 0.3 is 0 Å². The van der Waals surface area contributed by atoms with Gasteiger partial charge < -0.3 is 9.80 Å². The van der Waals surface area contributed by atoms with Gasteiger partial charge in [-0.3, -0.25) is 14.5 Å². The van der Waals surface area contributed by atoms with Crippen LogP contribution < -0.4 is 0 Å². The van der Waals surface area contributed by atoms with Crippen molar-refractivity contribution in [3.8, 4) is 0 Å². The minimum atomic E-state index is -0.417. The second-order valence-electron chi connectivity index (χ2n) is 9.70. The van der Waals surface area contributed by atoms with Crippen LogP contribution in [0.3, 0.4) is 0 Å². The molecule has 7 heteroatoms. The van der Waals surface area contributed by atoms with E-state index in [1.165, 1.54) is 33.7 Å². The molecule has 188 valence electrons. The number of benzene rings is 2. The number of halogens is 1. The van der Waals surface area contributed by atoms with Gasteiger partial charge in [-0.25, -0.2) is 4.39 Å². The van der Waals surface area contributed by atoms with Crippen LogP contribution in [0.15, 0.2) is 60.0 Å². The Morgan fingerprint density at radius 1 is 0.944 bits per heavy atom. The second kappa shape index (κ2) is 10.5. The molecule has 36 heavy (non-hydrogen) atoms. The van der Waals surface area contributed by atoms with Crippen molar-refractivity contribution in [3.05, 3.63) is 92.9 Å². The molecule has 2 aliphatic heterocycles. The normalized spacial score (nSPS) is 19.5. The van der Waals surface area contributed by atoms with E-state index in [9.17, 15) is 14.0 Å². The highest BCUT2D eigenvalue weighted by molar-refractivity contribution is 7.10. The maximum absolute atomic E-state index is 13.8. The van der Waals surface area contributed by atoms with Gasteiger partial charge in [-0.2, -0.15) is 0 Å². The van der Waals surface area contributed by atoms with E-state index in [0.29, 0.717) is 38.2 Å². The van der Waals surface area contributed by atoms with Crippen molar-refractivity contribution in [2.45, 2.75) is 38.8 Å². The predicted molar refractivity (Wildman–Crippen MR) is 141 cm³/mol. The number of aryl methyl sites for hydroxylation is 1. The fourth-order valence-electron chi connectivity index (χ4n) is 5.54. The van der Waals surface area contributed by atoms with Crippen molar-refractivity contribution in [1.29, 1.82) is 0 Å². The smallest absolute Gasteiger partial charge is 0.254 e. The largest absolute Gasteiger partial charge is 0.340 e. The predicted octanol–water partition coefficient (Wildman–Crippen LogP) is 4.91. The van der Waals surface area contributed by atoms with Gasteiger partial charge in [0.25, 0.3) is 5.91 Å².